The van der Waals surface area contributed by atoms with E-state index in [9.17, 15) is 8.42 Å². The molecule has 0 radical (unpaired) electrons. The Morgan fingerprint density at radius 1 is 1.27 bits per heavy atom. The van der Waals surface area contributed by atoms with Crippen LogP contribution in [0.3, 0.4) is 0 Å². The molecule has 4 rings (SSSR count). The summed E-state index contributed by atoms with van der Waals surface area (Å²) in [6, 6.07) is 6.55. The van der Waals surface area contributed by atoms with Gasteiger partial charge in [-0.2, -0.15) is 9.29 Å². The average Bonchev–Trinajstić information content (AvgIpc) is 3.35. The predicted octanol–water partition coefficient (Wildman–Crippen LogP) is 2.84. The molecule has 3 aromatic rings. The van der Waals surface area contributed by atoms with Crippen LogP contribution in [0.5, 0.6) is 0 Å². The third-order valence-corrected chi connectivity index (χ3v) is 7.46. The number of halogens is 1. The van der Waals surface area contributed by atoms with Crippen LogP contribution >= 0.6 is 11.3 Å². The highest BCUT2D eigenvalue weighted by atomic mass is 32.2. The van der Waals surface area contributed by atoms with Gasteiger partial charge in [-0.3, -0.25) is 4.98 Å². The Hall–Kier alpha value is -2.17. The summed E-state index contributed by atoms with van der Waals surface area (Å²) in [6.45, 7) is -0.0809. The number of hydrogen-bond acceptors (Lipinski definition) is 7. The van der Waals surface area contributed by atoms with E-state index in [4.69, 9.17) is 4.52 Å². The van der Waals surface area contributed by atoms with Gasteiger partial charge in [-0.1, -0.05) is 11.2 Å². The Bertz CT molecular complexity index is 992. The number of pyridine rings is 1. The van der Waals surface area contributed by atoms with Gasteiger partial charge in [0.05, 0.1) is 6.54 Å². The van der Waals surface area contributed by atoms with Crippen LogP contribution in [0.15, 0.2) is 50.8 Å². The molecule has 0 aromatic carbocycles. The smallest absolute Gasteiger partial charge is 0.266 e. The molecule has 0 aliphatic carbocycles. The molecule has 0 N–H and O–H groups in total. The molecule has 1 saturated heterocycles. The maximum atomic E-state index is 15.5. The first-order valence-corrected chi connectivity index (χ1v) is 10.3. The molecule has 0 spiro atoms. The van der Waals surface area contributed by atoms with E-state index in [1.165, 1.54) is 6.07 Å². The highest BCUT2D eigenvalue weighted by Gasteiger charge is 2.46. The third kappa shape index (κ3) is 3.04. The fraction of sp³-hybridized carbons (Fsp3) is 0.312. The van der Waals surface area contributed by atoms with Crippen LogP contribution in [0, 0.1) is 0 Å². The second kappa shape index (κ2) is 6.53. The minimum atomic E-state index is -3.73. The van der Waals surface area contributed by atoms with E-state index >= 15 is 4.39 Å². The highest BCUT2D eigenvalue weighted by Crippen LogP contribution is 2.37. The zero-order valence-electron chi connectivity index (χ0n) is 13.6. The summed E-state index contributed by atoms with van der Waals surface area (Å²) in [5, 5.41) is 5.50. The van der Waals surface area contributed by atoms with E-state index in [0.717, 1.165) is 15.6 Å². The van der Waals surface area contributed by atoms with Gasteiger partial charge >= 0.3 is 0 Å². The normalized spacial score (nSPS) is 21.7. The van der Waals surface area contributed by atoms with Crippen molar-refractivity contribution in [3.05, 3.63) is 47.9 Å². The van der Waals surface area contributed by atoms with E-state index < -0.39 is 15.7 Å². The molecule has 4 heterocycles. The lowest BCUT2D eigenvalue weighted by Crippen LogP contribution is -2.46. The Labute approximate surface area is 153 Å². The Morgan fingerprint density at radius 3 is 2.81 bits per heavy atom. The van der Waals surface area contributed by atoms with E-state index in [-0.39, 0.29) is 35.4 Å². The molecule has 0 amide bonds. The number of sulfonamides is 1. The number of hydrogen-bond donors (Lipinski definition) is 0. The first-order chi connectivity index (χ1) is 12.5. The van der Waals surface area contributed by atoms with Gasteiger partial charge in [-0.05, 0) is 36.4 Å². The van der Waals surface area contributed by atoms with Crippen molar-refractivity contribution in [2.45, 2.75) is 22.7 Å². The molecule has 7 nitrogen and oxygen atoms in total. The monoisotopic (exact) mass is 394 g/mol. The average molecular weight is 394 g/mol. The van der Waals surface area contributed by atoms with Crippen molar-refractivity contribution in [1.29, 1.82) is 0 Å². The number of thiophene rings is 1. The van der Waals surface area contributed by atoms with E-state index in [1.807, 2.05) is 0 Å². The first-order valence-electron chi connectivity index (χ1n) is 7.96. The lowest BCUT2D eigenvalue weighted by atomic mass is 9.96. The SMILES string of the molecule is O=S(=O)(c1cccs1)N1CCCC(F)(c2nc(-c3ccncc3)no2)C1. The Morgan fingerprint density at radius 2 is 2.08 bits per heavy atom. The number of nitrogens with zero attached hydrogens (tertiary/aromatic N) is 4. The van der Waals surface area contributed by atoms with Crippen LogP contribution < -0.4 is 0 Å². The fourth-order valence-corrected chi connectivity index (χ4v) is 5.58. The fourth-order valence-electron chi connectivity index (χ4n) is 2.91. The quantitative estimate of drug-likeness (QED) is 0.676. The zero-order valence-corrected chi connectivity index (χ0v) is 15.2. The van der Waals surface area contributed by atoms with E-state index in [0.29, 0.717) is 12.0 Å². The molecule has 26 heavy (non-hydrogen) atoms. The van der Waals surface area contributed by atoms with Crippen molar-refractivity contribution in [3.8, 4) is 11.4 Å². The first kappa shape index (κ1) is 17.3. The molecule has 1 unspecified atom stereocenters. The summed E-state index contributed by atoms with van der Waals surface area (Å²) in [6.07, 6.45) is 3.65. The van der Waals surface area contributed by atoms with Crippen LogP contribution in [0.25, 0.3) is 11.4 Å². The molecule has 3 aromatic heterocycles. The highest BCUT2D eigenvalue weighted by molar-refractivity contribution is 7.91. The number of aromatic nitrogens is 3. The van der Waals surface area contributed by atoms with Crippen molar-refractivity contribution in [2.24, 2.45) is 0 Å². The standard InChI is InChI=1S/C16H15FN4O3S2/c17-16(15-19-14(20-24-15)12-4-7-18-8-5-12)6-2-9-21(11-16)26(22,23)13-3-1-10-25-13/h1,3-5,7-8,10H,2,6,9,11H2. The summed E-state index contributed by atoms with van der Waals surface area (Å²) in [5.74, 6) is 0.0491. The second-order valence-corrected chi connectivity index (χ2v) is 9.11. The molecule has 1 atom stereocenters. The summed E-state index contributed by atoms with van der Waals surface area (Å²) < 4.78 is 47.4. The molecule has 10 heteroatoms. The van der Waals surface area contributed by atoms with Crippen LogP contribution in [-0.2, 0) is 15.7 Å². The van der Waals surface area contributed by atoms with Gasteiger partial charge in [0, 0.05) is 24.5 Å². The summed E-state index contributed by atoms with van der Waals surface area (Å²) in [4.78, 5) is 8.07. The summed E-state index contributed by atoms with van der Waals surface area (Å²) >= 11 is 1.11. The molecule has 1 aliphatic rings. The van der Waals surface area contributed by atoms with Crippen molar-refractivity contribution in [2.75, 3.05) is 13.1 Å². The summed E-state index contributed by atoms with van der Waals surface area (Å²) in [5.41, 5.74) is -1.36. The molecule has 0 saturated carbocycles. The van der Waals surface area contributed by atoms with Crippen LogP contribution in [0.1, 0.15) is 18.7 Å². The van der Waals surface area contributed by atoms with Crippen molar-refractivity contribution >= 4 is 21.4 Å². The number of alkyl halides is 1. The molecule has 0 bridgehead atoms. The van der Waals surface area contributed by atoms with Crippen LogP contribution in [0.4, 0.5) is 4.39 Å². The molecule has 136 valence electrons. The molecule has 1 fully saturated rings. The van der Waals surface area contributed by atoms with Gasteiger partial charge in [0.25, 0.3) is 15.9 Å². The van der Waals surface area contributed by atoms with Crippen LogP contribution in [0.2, 0.25) is 0 Å². The third-order valence-electron chi connectivity index (χ3n) is 4.24. The largest absolute Gasteiger partial charge is 0.335 e. The maximum absolute atomic E-state index is 15.5. The zero-order chi connectivity index (χ0) is 18.2. The lowest BCUT2D eigenvalue weighted by molar-refractivity contribution is 0.0471. The van der Waals surface area contributed by atoms with Gasteiger partial charge in [-0.15, -0.1) is 11.3 Å². The van der Waals surface area contributed by atoms with Gasteiger partial charge in [0.15, 0.2) is 0 Å². The number of rotatable bonds is 4. The van der Waals surface area contributed by atoms with Gasteiger partial charge in [0.1, 0.15) is 4.21 Å². The minimum absolute atomic E-state index is 0.126. The van der Waals surface area contributed by atoms with Gasteiger partial charge < -0.3 is 4.52 Å². The summed E-state index contributed by atoms with van der Waals surface area (Å²) in [7, 11) is -3.73. The van der Waals surface area contributed by atoms with Crippen molar-refractivity contribution in [1.82, 2.24) is 19.4 Å². The second-order valence-electron chi connectivity index (χ2n) is 6.00. The van der Waals surface area contributed by atoms with Crippen molar-refractivity contribution in [3.63, 3.8) is 0 Å². The van der Waals surface area contributed by atoms with Crippen LogP contribution in [-0.4, -0.2) is 40.9 Å². The Balaban J connectivity index is 1.62. The van der Waals surface area contributed by atoms with Crippen molar-refractivity contribution < 1.29 is 17.3 Å². The lowest BCUT2D eigenvalue weighted by Gasteiger charge is -2.33. The molecule has 1 aliphatic heterocycles. The van der Waals surface area contributed by atoms with Gasteiger partial charge in [-0.25, -0.2) is 12.8 Å². The van der Waals surface area contributed by atoms with E-state index in [2.05, 4.69) is 15.1 Å². The topological polar surface area (TPSA) is 89.2 Å². The maximum Gasteiger partial charge on any atom is 0.266 e. The predicted molar refractivity (Wildman–Crippen MR) is 92.6 cm³/mol. The number of piperidine rings is 1. The Kier molecular flexibility index (Phi) is 4.33. The minimum Gasteiger partial charge on any atom is -0.335 e. The van der Waals surface area contributed by atoms with E-state index in [1.54, 1.807) is 36.0 Å². The molecular weight excluding hydrogens is 379 g/mol. The molecular formula is C16H15FN4O3S2. The van der Waals surface area contributed by atoms with Gasteiger partial charge in [0.2, 0.25) is 11.5 Å².